The van der Waals surface area contributed by atoms with E-state index in [9.17, 15) is 4.79 Å². The quantitative estimate of drug-likeness (QED) is 0.689. The van der Waals surface area contributed by atoms with Crippen molar-refractivity contribution < 1.29 is 19.4 Å². The Kier molecular flexibility index (Phi) is 7.25. The van der Waals surface area contributed by atoms with Gasteiger partial charge in [0.2, 0.25) is 0 Å². The number of ether oxygens (including phenoxy) is 2. The van der Waals surface area contributed by atoms with E-state index in [-0.39, 0.29) is 5.78 Å². The first-order valence-corrected chi connectivity index (χ1v) is 6.51. The zero-order valence-electron chi connectivity index (χ0n) is 11.5. The lowest BCUT2D eigenvalue weighted by molar-refractivity contribution is -0.140. The van der Waals surface area contributed by atoms with Crippen LogP contribution in [0.2, 0.25) is 0 Å². The zero-order valence-corrected chi connectivity index (χ0v) is 11.5. The third-order valence-electron chi connectivity index (χ3n) is 2.59. The van der Waals surface area contributed by atoms with E-state index in [0.717, 1.165) is 11.3 Å². The van der Waals surface area contributed by atoms with Gasteiger partial charge in [-0.15, -0.1) is 0 Å². The normalized spacial score (nSPS) is 10.9. The standard InChI is InChI=1S/C14H21NO4/c1-3-18-14(19-4-2)11-7-8-15-12(9-11)5-6-13(17)10-16/h7-9,14,16H,3-6,10H2,1-2H3. The molecule has 0 atom stereocenters. The number of carbonyl (C=O) groups is 1. The van der Waals surface area contributed by atoms with Gasteiger partial charge in [0.25, 0.3) is 0 Å². The molecule has 1 rings (SSSR count). The number of carbonyl (C=O) groups excluding carboxylic acids is 1. The number of hydrogen-bond acceptors (Lipinski definition) is 5. The van der Waals surface area contributed by atoms with E-state index in [2.05, 4.69) is 4.98 Å². The first kappa shape index (κ1) is 15.8. The third-order valence-corrected chi connectivity index (χ3v) is 2.59. The smallest absolute Gasteiger partial charge is 0.183 e. The predicted octanol–water partition coefficient (Wildman–Crippen LogP) is 1.65. The highest BCUT2D eigenvalue weighted by Gasteiger charge is 2.12. The highest BCUT2D eigenvalue weighted by atomic mass is 16.7. The van der Waals surface area contributed by atoms with Crippen LogP contribution in [0.4, 0.5) is 0 Å². The van der Waals surface area contributed by atoms with Crippen LogP contribution in [-0.2, 0) is 20.7 Å². The maximum atomic E-state index is 11.1. The Labute approximate surface area is 113 Å². The molecule has 0 aliphatic rings. The van der Waals surface area contributed by atoms with E-state index in [1.165, 1.54) is 0 Å². The summed E-state index contributed by atoms with van der Waals surface area (Å²) in [4.78, 5) is 15.3. The lowest BCUT2D eigenvalue weighted by Gasteiger charge is -2.17. The molecule has 5 heteroatoms. The minimum Gasteiger partial charge on any atom is -0.389 e. The highest BCUT2D eigenvalue weighted by molar-refractivity contribution is 5.79. The summed E-state index contributed by atoms with van der Waals surface area (Å²) in [5, 5.41) is 8.69. The van der Waals surface area contributed by atoms with Crippen LogP contribution in [0.15, 0.2) is 18.3 Å². The van der Waals surface area contributed by atoms with Gasteiger partial charge in [0.15, 0.2) is 12.1 Å². The van der Waals surface area contributed by atoms with Crippen LogP contribution in [-0.4, -0.2) is 35.7 Å². The number of aromatic nitrogens is 1. The molecule has 1 heterocycles. The summed E-state index contributed by atoms with van der Waals surface area (Å²) in [5.41, 5.74) is 1.69. The Bertz CT molecular complexity index is 389. The van der Waals surface area contributed by atoms with Crippen molar-refractivity contribution in [3.63, 3.8) is 0 Å². The van der Waals surface area contributed by atoms with Crippen LogP contribution in [0.3, 0.4) is 0 Å². The lowest BCUT2D eigenvalue weighted by Crippen LogP contribution is -2.10. The fraction of sp³-hybridized carbons (Fsp3) is 0.571. The zero-order chi connectivity index (χ0) is 14.1. The van der Waals surface area contributed by atoms with E-state index >= 15 is 0 Å². The summed E-state index contributed by atoms with van der Waals surface area (Å²) in [7, 11) is 0. The second-order valence-electron chi connectivity index (χ2n) is 4.02. The van der Waals surface area contributed by atoms with Gasteiger partial charge in [-0.2, -0.15) is 0 Å². The maximum absolute atomic E-state index is 11.1. The molecule has 0 aliphatic heterocycles. The number of hydrogen-bond donors (Lipinski definition) is 1. The average molecular weight is 267 g/mol. The number of Topliss-reactive ketones (excluding diaryl/α,β-unsaturated/α-hetero) is 1. The van der Waals surface area contributed by atoms with Crippen LogP contribution in [0.1, 0.15) is 37.8 Å². The van der Waals surface area contributed by atoms with Crippen LogP contribution in [0, 0.1) is 0 Å². The van der Waals surface area contributed by atoms with Gasteiger partial charge in [0.05, 0.1) is 0 Å². The largest absolute Gasteiger partial charge is 0.389 e. The second kappa shape index (κ2) is 8.74. The molecular weight excluding hydrogens is 246 g/mol. The molecule has 0 fully saturated rings. The van der Waals surface area contributed by atoms with Gasteiger partial charge in [-0.25, -0.2) is 0 Å². The number of aliphatic hydroxyl groups is 1. The fourth-order valence-corrected chi connectivity index (χ4v) is 1.67. The minimum atomic E-state index is -0.416. The Morgan fingerprint density at radius 2 is 2.05 bits per heavy atom. The van der Waals surface area contributed by atoms with E-state index in [1.807, 2.05) is 26.0 Å². The summed E-state index contributed by atoms with van der Waals surface area (Å²) < 4.78 is 11.0. The topological polar surface area (TPSA) is 68.7 Å². The van der Waals surface area contributed by atoms with Crippen molar-refractivity contribution in [2.45, 2.75) is 33.0 Å². The van der Waals surface area contributed by atoms with Crippen LogP contribution in [0.25, 0.3) is 0 Å². The Morgan fingerprint density at radius 3 is 2.63 bits per heavy atom. The first-order chi connectivity index (χ1) is 9.21. The van der Waals surface area contributed by atoms with Crippen LogP contribution in [0.5, 0.6) is 0 Å². The first-order valence-electron chi connectivity index (χ1n) is 6.51. The maximum Gasteiger partial charge on any atom is 0.183 e. The van der Waals surface area contributed by atoms with Crippen molar-refractivity contribution in [1.82, 2.24) is 4.98 Å². The molecule has 0 bridgehead atoms. The van der Waals surface area contributed by atoms with Crippen molar-refractivity contribution in [1.29, 1.82) is 0 Å². The van der Waals surface area contributed by atoms with Gasteiger partial charge in [-0.05, 0) is 32.4 Å². The number of nitrogens with zero attached hydrogens (tertiary/aromatic N) is 1. The van der Waals surface area contributed by atoms with Crippen molar-refractivity contribution in [3.8, 4) is 0 Å². The van der Waals surface area contributed by atoms with Gasteiger partial charge in [0, 0.05) is 37.1 Å². The molecular formula is C14H21NO4. The van der Waals surface area contributed by atoms with E-state index in [4.69, 9.17) is 14.6 Å². The van der Waals surface area contributed by atoms with Gasteiger partial charge in [-0.3, -0.25) is 9.78 Å². The number of pyridine rings is 1. The molecule has 1 aromatic rings. The molecule has 0 aromatic carbocycles. The molecule has 0 amide bonds. The summed E-state index contributed by atoms with van der Waals surface area (Å²) in [5.74, 6) is -0.182. The molecule has 0 saturated carbocycles. The summed E-state index contributed by atoms with van der Waals surface area (Å²) in [6, 6.07) is 3.72. The van der Waals surface area contributed by atoms with Crippen molar-refractivity contribution in [2.24, 2.45) is 0 Å². The molecule has 0 saturated heterocycles. The summed E-state index contributed by atoms with van der Waals surface area (Å²) in [6.07, 6.45) is 2.09. The molecule has 0 spiro atoms. The monoisotopic (exact) mass is 267 g/mol. The molecule has 5 nitrogen and oxygen atoms in total. The third kappa shape index (κ3) is 5.46. The van der Waals surface area contributed by atoms with Gasteiger partial charge < -0.3 is 14.6 Å². The van der Waals surface area contributed by atoms with Gasteiger partial charge in [0.1, 0.15) is 6.61 Å². The minimum absolute atomic E-state index is 0.182. The summed E-state index contributed by atoms with van der Waals surface area (Å²) >= 11 is 0. The predicted molar refractivity (Wildman–Crippen MR) is 70.6 cm³/mol. The number of ketones is 1. The van der Waals surface area contributed by atoms with E-state index in [1.54, 1.807) is 6.20 Å². The van der Waals surface area contributed by atoms with Gasteiger partial charge >= 0.3 is 0 Å². The molecule has 0 radical (unpaired) electrons. The average Bonchev–Trinajstić information content (AvgIpc) is 2.45. The molecule has 1 N–H and O–H groups in total. The second-order valence-corrected chi connectivity index (χ2v) is 4.02. The van der Waals surface area contributed by atoms with E-state index in [0.29, 0.717) is 26.1 Å². The summed E-state index contributed by atoms with van der Waals surface area (Å²) in [6.45, 7) is 4.53. The Hall–Kier alpha value is -1.30. The molecule has 0 unspecified atom stereocenters. The highest BCUT2D eigenvalue weighted by Crippen LogP contribution is 2.19. The molecule has 1 aromatic heterocycles. The Balaban J connectivity index is 2.71. The SMILES string of the molecule is CCOC(OCC)c1ccnc(CCC(=O)CO)c1. The molecule has 0 aliphatic carbocycles. The van der Waals surface area contributed by atoms with Crippen LogP contribution < -0.4 is 0 Å². The van der Waals surface area contributed by atoms with E-state index < -0.39 is 12.9 Å². The number of aliphatic hydroxyl groups excluding tert-OH is 1. The number of rotatable bonds is 9. The lowest BCUT2D eigenvalue weighted by atomic mass is 10.1. The van der Waals surface area contributed by atoms with Crippen molar-refractivity contribution in [3.05, 3.63) is 29.6 Å². The molecule has 19 heavy (non-hydrogen) atoms. The van der Waals surface area contributed by atoms with Crippen molar-refractivity contribution in [2.75, 3.05) is 19.8 Å². The Morgan fingerprint density at radius 1 is 1.37 bits per heavy atom. The number of aryl methyl sites for hydroxylation is 1. The van der Waals surface area contributed by atoms with Crippen molar-refractivity contribution >= 4 is 5.78 Å². The van der Waals surface area contributed by atoms with Crippen LogP contribution >= 0.6 is 0 Å². The fourth-order valence-electron chi connectivity index (χ4n) is 1.67. The van der Waals surface area contributed by atoms with Gasteiger partial charge in [-0.1, -0.05) is 0 Å². The molecule has 106 valence electrons.